The van der Waals surface area contributed by atoms with Gasteiger partial charge in [0.2, 0.25) is 10.0 Å². The lowest BCUT2D eigenvalue weighted by atomic mass is 10.0. The van der Waals surface area contributed by atoms with Crippen LogP contribution < -0.4 is 5.32 Å². The minimum atomic E-state index is -3.45. The Balaban J connectivity index is 2.21. The van der Waals surface area contributed by atoms with Crippen LogP contribution in [0.3, 0.4) is 0 Å². The van der Waals surface area contributed by atoms with E-state index in [0.29, 0.717) is 10.9 Å². The quantitative estimate of drug-likeness (QED) is 0.838. The van der Waals surface area contributed by atoms with E-state index in [9.17, 15) is 8.42 Å². The Kier molecular flexibility index (Phi) is 4.52. The van der Waals surface area contributed by atoms with Gasteiger partial charge in [0.15, 0.2) is 0 Å². The Morgan fingerprint density at radius 2 is 2.05 bits per heavy atom. The van der Waals surface area contributed by atoms with Gasteiger partial charge in [-0.05, 0) is 39.2 Å². The summed E-state index contributed by atoms with van der Waals surface area (Å²) in [6.07, 6.45) is 4.93. The van der Waals surface area contributed by atoms with Crippen LogP contribution in [-0.2, 0) is 23.6 Å². The number of hydrogen-bond donors (Lipinski definition) is 1. The molecule has 0 saturated heterocycles. The van der Waals surface area contributed by atoms with Gasteiger partial charge >= 0.3 is 0 Å². The van der Waals surface area contributed by atoms with Crippen LogP contribution >= 0.6 is 0 Å². The van der Waals surface area contributed by atoms with Crippen LogP contribution in [0.25, 0.3) is 0 Å². The summed E-state index contributed by atoms with van der Waals surface area (Å²) >= 11 is 0. The van der Waals surface area contributed by atoms with E-state index < -0.39 is 10.0 Å². The third kappa shape index (κ3) is 3.49. The largest absolute Gasteiger partial charge is 0.352 e. The summed E-state index contributed by atoms with van der Waals surface area (Å²) in [5.74, 6) is 0. The molecule has 0 aliphatic heterocycles. The molecule has 1 aliphatic rings. The van der Waals surface area contributed by atoms with Gasteiger partial charge in [0.05, 0.1) is 0 Å². The minimum Gasteiger partial charge on any atom is -0.352 e. The molecule has 1 aromatic rings. The molecule has 0 radical (unpaired) electrons. The van der Waals surface area contributed by atoms with Crippen LogP contribution in [0.1, 0.15) is 45.7 Å². The van der Waals surface area contributed by atoms with Gasteiger partial charge in [-0.25, -0.2) is 8.42 Å². The second kappa shape index (κ2) is 5.74. The first-order valence-electron chi connectivity index (χ1n) is 7.56. The fraction of sp³-hybridized carbons (Fsp3) is 0.733. The maximum atomic E-state index is 12.7. The summed E-state index contributed by atoms with van der Waals surface area (Å²) in [6, 6.07) is 2.40. The molecule has 0 spiro atoms. The van der Waals surface area contributed by atoms with Crippen molar-refractivity contribution >= 4 is 10.0 Å². The zero-order valence-electron chi connectivity index (χ0n) is 13.7. The number of aromatic nitrogens is 1. The molecule has 120 valence electrons. The predicted molar refractivity (Wildman–Crippen MR) is 84.6 cm³/mol. The molecule has 0 amide bonds. The van der Waals surface area contributed by atoms with Gasteiger partial charge in [0.25, 0.3) is 0 Å². The lowest BCUT2D eigenvalue weighted by Gasteiger charge is -2.33. The number of aryl methyl sites for hydroxylation is 1. The maximum absolute atomic E-state index is 12.7. The average molecular weight is 313 g/mol. The minimum absolute atomic E-state index is 0.377. The van der Waals surface area contributed by atoms with E-state index in [4.69, 9.17) is 0 Å². The summed E-state index contributed by atoms with van der Waals surface area (Å²) in [5.41, 5.74) is 0.615. The summed E-state index contributed by atoms with van der Waals surface area (Å²) in [7, 11) is 0.109. The lowest BCUT2D eigenvalue weighted by Crippen LogP contribution is -2.44. The summed E-state index contributed by atoms with van der Waals surface area (Å²) in [6.45, 7) is 6.62. The number of sulfonamides is 1. The zero-order chi connectivity index (χ0) is 15.8. The molecule has 1 aliphatic carbocycles. The molecule has 2 rings (SSSR count). The predicted octanol–water partition coefficient (Wildman–Crippen LogP) is 2.09. The molecular formula is C15H27N3O2S. The fourth-order valence-electron chi connectivity index (χ4n) is 2.14. The topological polar surface area (TPSA) is 54.3 Å². The lowest BCUT2D eigenvalue weighted by molar-refractivity contribution is 0.257. The maximum Gasteiger partial charge on any atom is 0.244 e. The third-order valence-corrected chi connectivity index (χ3v) is 6.64. The van der Waals surface area contributed by atoms with E-state index in [1.165, 1.54) is 17.1 Å². The van der Waals surface area contributed by atoms with Gasteiger partial charge in [0.1, 0.15) is 4.90 Å². The fourth-order valence-corrected chi connectivity index (χ4v) is 3.81. The molecule has 6 heteroatoms. The standard InChI is InChI=1S/C15H27N3O2S/c1-6-15(2,3)18(5)21(19,20)14-9-13(17(4)11-14)10-16-12-7-8-12/h9,11-12,16H,6-8,10H2,1-5H3. The van der Waals surface area contributed by atoms with Gasteiger partial charge in [-0.2, -0.15) is 4.31 Å². The highest BCUT2D eigenvalue weighted by Crippen LogP contribution is 2.26. The van der Waals surface area contributed by atoms with Gasteiger partial charge < -0.3 is 9.88 Å². The molecule has 1 saturated carbocycles. The van der Waals surface area contributed by atoms with Crippen LogP contribution in [0.5, 0.6) is 0 Å². The molecule has 21 heavy (non-hydrogen) atoms. The highest BCUT2D eigenvalue weighted by atomic mass is 32.2. The van der Waals surface area contributed by atoms with Crippen LogP contribution in [0, 0.1) is 0 Å². The van der Waals surface area contributed by atoms with E-state index >= 15 is 0 Å². The molecule has 0 aromatic carbocycles. The van der Waals surface area contributed by atoms with E-state index in [0.717, 1.165) is 18.7 Å². The van der Waals surface area contributed by atoms with Crippen LogP contribution in [0.2, 0.25) is 0 Å². The molecule has 1 heterocycles. The molecule has 5 nitrogen and oxygen atoms in total. The molecule has 1 fully saturated rings. The van der Waals surface area contributed by atoms with Crippen molar-refractivity contribution in [2.45, 2.75) is 63.1 Å². The van der Waals surface area contributed by atoms with Crippen LogP contribution in [0.4, 0.5) is 0 Å². The SMILES string of the molecule is CCC(C)(C)N(C)S(=O)(=O)c1cc(CNC2CC2)n(C)c1. The van der Waals surface area contributed by atoms with Crippen molar-refractivity contribution in [1.82, 2.24) is 14.2 Å². The molecule has 0 bridgehead atoms. The van der Waals surface area contributed by atoms with Gasteiger partial charge in [-0.3, -0.25) is 0 Å². The number of hydrogen-bond acceptors (Lipinski definition) is 3. The highest BCUT2D eigenvalue weighted by Gasteiger charge is 2.33. The first kappa shape index (κ1) is 16.5. The van der Waals surface area contributed by atoms with Crippen molar-refractivity contribution in [3.63, 3.8) is 0 Å². The third-order valence-electron chi connectivity index (χ3n) is 4.61. The first-order chi connectivity index (χ1) is 9.68. The molecule has 0 atom stereocenters. The van der Waals surface area contributed by atoms with E-state index in [2.05, 4.69) is 5.32 Å². The van der Waals surface area contributed by atoms with Crippen molar-refractivity contribution in [2.24, 2.45) is 7.05 Å². The van der Waals surface area contributed by atoms with Crippen molar-refractivity contribution in [3.8, 4) is 0 Å². The zero-order valence-corrected chi connectivity index (χ0v) is 14.5. The molecular weight excluding hydrogens is 286 g/mol. The average Bonchev–Trinajstić information content (AvgIpc) is 3.18. The highest BCUT2D eigenvalue weighted by molar-refractivity contribution is 7.89. The Morgan fingerprint density at radius 1 is 1.43 bits per heavy atom. The monoisotopic (exact) mass is 313 g/mol. The number of rotatable bonds is 7. The normalized spacial score (nSPS) is 16.7. The van der Waals surface area contributed by atoms with E-state index in [1.807, 2.05) is 32.4 Å². The summed E-state index contributed by atoms with van der Waals surface area (Å²) < 4.78 is 28.9. The Bertz CT molecular complexity index is 600. The van der Waals surface area contributed by atoms with Crippen molar-refractivity contribution in [1.29, 1.82) is 0 Å². The van der Waals surface area contributed by atoms with E-state index in [1.54, 1.807) is 19.3 Å². The Hall–Kier alpha value is -0.850. The van der Waals surface area contributed by atoms with Gasteiger partial charge in [0, 0.05) is 44.1 Å². The Labute approximate surface area is 128 Å². The van der Waals surface area contributed by atoms with Crippen molar-refractivity contribution < 1.29 is 8.42 Å². The second-order valence-corrected chi connectivity index (χ2v) is 8.54. The summed E-state index contributed by atoms with van der Waals surface area (Å²) in [5, 5.41) is 3.42. The van der Waals surface area contributed by atoms with Crippen LogP contribution in [0.15, 0.2) is 17.2 Å². The smallest absolute Gasteiger partial charge is 0.244 e. The second-order valence-electron chi connectivity index (χ2n) is 6.57. The van der Waals surface area contributed by atoms with Crippen LogP contribution in [-0.4, -0.2) is 35.9 Å². The van der Waals surface area contributed by atoms with E-state index in [-0.39, 0.29) is 5.54 Å². The van der Waals surface area contributed by atoms with Gasteiger partial charge in [-0.1, -0.05) is 6.92 Å². The first-order valence-corrected chi connectivity index (χ1v) is 9.00. The molecule has 1 aromatic heterocycles. The Morgan fingerprint density at radius 3 is 2.57 bits per heavy atom. The number of nitrogens with one attached hydrogen (secondary N) is 1. The summed E-state index contributed by atoms with van der Waals surface area (Å²) in [4.78, 5) is 0.377. The van der Waals surface area contributed by atoms with Crippen molar-refractivity contribution in [3.05, 3.63) is 18.0 Å². The molecule has 1 N–H and O–H groups in total. The van der Waals surface area contributed by atoms with Crippen molar-refractivity contribution in [2.75, 3.05) is 7.05 Å². The van der Waals surface area contributed by atoms with Gasteiger partial charge in [-0.15, -0.1) is 0 Å². The number of nitrogens with zero attached hydrogens (tertiary/aromatic N) is 2. The molecule has 0 unspecified atom stereocenters.